The van der Waals surface area contributed by atoms with Crippen molar-refractivity contribution >= 4 is 11.6 Å². The van der Waals surface area contributed by atoms with Gasteiger partial charge in [0.2, 0.25) is 0 Å². The Bertz CT molecular complexity index is 713. The van der Waals surface area contributed by atoms with Crippen LogP contribution in [0.15, 0.2) is 48.5 Å². The minimum absolute atomic E-state index is 0.0240. The Balaban J connectivity index is 1.90. The van der Waals surface area contributed by atoms with Crippen LogP contribution < -0.4 is 4.90 Å². The van der Waals surface area contributed by atoms with Gasteiger partial charge in [-0.2, -0.15) is 5.26 Å². The fraction of sp³-hybridized carbons (Fsp3) is 0.222. The van der Waals surface area contributed by atoms with Crippen molar-refractivity contribution < 1.29 is 4.79 Å². The molecule has 1 amide bonds. The Hall–Kier alpha value is -2.60. The summed E-state index contributed by atoms with van der Waals surface area (Å²) in [5.74, 6) is 0.0240. The van der Waals surface area contributed by atoms with Crippen molar-refractivity contribution in [2.24, 2.45) is 0 Å². The molecule has 1 aliphatic rings. The molecular formula is C18H16N2O. The third kappa shape index (κ3) is 2.41. The molecule has 2 aromatic carbocycles. The predicted molar refractivity (Wildman–Crippen MR) is 82.2 cm³/mol. The SMILES string of the molecule is CC1Cc2ccccc2N1C(=O)c1ccc(CC#N)cc1. The number of carbonyl (C=O) groups is 1. The van der Waals surface area contributed by atoms with Crippen LogP contribution in [0, 0.1) is 11.3 Å². The molecule has 1 unspecified atom stereocenters. The number of nitriles is 1. The fourth-order valence-electron chi connectivity index (χ4n) is 2.87. The minimum atomic E-state index is 0.0240. The maximum Gasteiger partial charge on any atom is 0.258 e. The zero-order chi connectivity index (χ0) is 14.8. The summed E-state index contributed by atoms with van der Waals surface area (Å²) >= 11 is 0. The van der Waals surface area contributed by atoms with E-state index >= 15 is 0 Å². The molecule has 104 valence electrons. The molecule has 0 fully saturated rings. The Morgan fingerprint density at radius 3 is 2.67 bits per heavy atom. The first-order valence-electron chi connectivity index (χ1n) is 7.08. The predicted octanol–water partition coefficient (Wildman–Crippen LogP) is 3.34. The monoisotopic (exact) mass is 276 g/mol. The highest BCUT2D eigenvalue weighted by molar-refractivity contribution is 6.07. The number of carbonyl (C=O) groups excluding carboxylic acids is 1. The van der Waals surface area contributed by atoms with Gasteiger partial charge in [0.05, 0.1) is 12.5 Å². The first kappa shape index (κ1) is 13.4. The molecule has 3 nitrogen and oxygen atoms in total. The second-order valence-electron chi connectivity index (χ2n) is 5.39. The highest BCUT2D eigenvalue weighted by atomic mass is 16.2. The number of anilines is 1. The van der Waals surface area contributed by atoms with Gasteiger partial charge in [-0.15, -0.1) is 0 Å². The normalized spacial score (nSPS) is 16.4. The van der Waals surface area contributed by atoms with E-state index in [0.717, 1.165) is 17.7 Å². The summed E-state index contributed by atoms with van der Waals surface area (Å²) in [5, 5.41) is 8.69. The summed E-state index contributed by atoms with van der Waals surface area (Å²) in [6.45, 7) is 2.07. The molecule has 0 saturated heterocycles. The van der Waals surface area contributed by atoms with Crippen LogP contribution in [-0.2, 0) is 12.8 Å². The highest BCUT2D eigenvalue weighted by Gasteiger charge is 2.30. The molecule has 3 rings (SSSR count). The van der Waals surface area contributed by atoms with Crippen LogP contribution in [0.5, 0.6) is 0 Å². The van der Waals surface area contributed by atoms with Crippen LogP contribution in [-0.4, -0.2) is 11.9 Å². The smallest absolute Gasteiger partial charge is 0.258 e. The Morgan fingerprint density at radius 1 is 1.24 bits per heavy atom. The summed E-state index contributed by atoms with van der Waals surface area (Å²) in [4.78, 5) is 14.6. The standard InChI is InChI=1S/C18H16N2O/c1-13-12-16-4-2-3-5-17(16)20(13)18(21)15-8-6-14(7-9-15)10-11-19/h2-9,13H,10,12H2,1H3. The molecule has 0 saturated carbocycles. The molecule has 21 heavy (non-hydrogen) atoms. The quantitative estimate of drug-likeness (QED) is 0.844. The molecule has 1 heterocycles. The molecule has 1 aliphatic heterocycles. The number of benzene rings is 2. The number of hydrogen-bond acceptors (Lipinski definition) is 2. The average molecular weight is 276 g/mol. The molecule has 0 N–H and O–H groups in total. The van der Waals surface area contributed by atoms with E-state index in [1.54, 1.807) is 0 Å². The number of hydrogen-bond donors (Lipinski definition) is 0. The maximum absolute atomic E-state index is 12.8. The molecule has 1 atom stereocenters. The van der Waals surface area contributed by atoms with Crippen LogP contribution >= 0.6 is 0 Å². The van der Waals surface area contributed by atoms with Crippen molar-refractivity contribution in [3.05, 3.63) is 65.2 Å². The Labute approximate surface area is 124 Å². The van der Waals surface area contributed by atoms with Crippen LogP contribution in [0.25, 0.3) is 0 Å². The lowest BCUT2D eigenvalue weighted by atomic mass is 10.1. The van der Waals surface area contributed by atoms with E-state index in [-0.39, 0.29) is 11.9 Å². The van der Waals surface area contributed by atoms with Gasteiger partial charge in [0.15, 0.2) is 0 Å². The number of fused-ring (bicyclic) bond motifs is 1. The van der Waals surface area contributed by atoms with Gasteiger partial charge < -0.3 is 4.90 Å². The zero-order valence-electron chi connectivity index (χ0n) is 11.9. The molecule has 0 spiro atoms. The summed E-state index contributed by atoms with van der Waals surface area (Å²) in [5.41, 5.74) is 3.83. The summed E-state index contributed by atoms with van der Waals surface area (Å²) in [6, 6.07) is 17.7. The van der Waals surface area contributed by atoms with Gasteiger partial charge in [-0.3, -0.25) is 4.79 Å². The average Bonchev–Trinajstić information content (AvgIpc) is 2.83. The summed E-state index contributed by atoms with van der Waals surface area (Å²) in [6.07, 6.45) is 1.27. The first-order chi connectivity index (χ1) is 10.2. The first-order valence-corrected chi connectivity index (χ1v) is 7.08. The second-order valence-corrected chi connectivity index (χ2v) is 5.39. The number of para-hydroxylation sites is 1. The summed E-state index contributed by atoms with van der Waals surface area (Å²) < 4.78 is 0. The van der Waals surface area contributed by atoms with E-state index in [4.69, 9.17) is 5.26 Å². The molecule has 0 aromatic heterocycles. The van der Waals surface area contributed by atoms with Crippen LogP contribution in [0.4, 0.5) is 5.69 Å². The third-order valence-electron chi connectivity index (χ3n) is 3.91. The summed E-state index contributed by atoms with van der Waals surface area (Å²) in [7, 11) is 0. The number of nitrogens with zero attached hydrogens (tertiary/aromatic N) is 2. The lowest BCUT2D eigenvalue weighted by Crippen LogP contribution is -2.35. The topological polar surface area (TPSA) is 44.1 Å². The molecule has 3 heteroatoms. The molecule has 2 aromatic rings. The third-order valence-corrected chi connectivity index (χ3v) is 3.91. The van der Waals surface area contributed by atoms with Crippen molar-refractivity contribution in [3.8, 4) is 6.07 Å². The van der Waals surface area contributed by atoms with Gasteiger partial charge in [-0.25, -0.2) is 0 Å². The van der Waals surface area contributed by atoms with Crippen LogP contribution in [0.2, 0.25) is 0 Å². The van der Waals surface area contributed by atoms with Gasteiger partial charge in [-0.05, 0) is 42.7 Å². The maximum atomic E-state index is 12.8. The minimum Gasteiger partial charge on any atom is -0.305 e. The van der Waals surface area contributed by atoms with E-state index in [2.05, 4.69) is 19.1 Å². The fourth-order valence-corrected chi connectivity index (χ4v) is 2.87. The van der Waals surface area contributed by atoms with Gasteiger partial charge in [0.1, 0.15) is 0 Å². The van der Waals surface area contributed by atoms with Crippen molar-refractivity contribution in [1.29, 1.82) is 5.26 Å². The van der Waals surface area contributed by atoms with E-state index in [1.807, 2.05) is 47.4 Å². The van der Waals surface area contributed by atoms with Gasteiger partial charge in [-0.1, -0.05) is 30.3 Å². The lowest BCUT2D eigenvalue weighted by molar-refractivity contribution is 0.0981. The molecule has 0 radical (unpaired) electrons. The van der Waals surface area contributed by atoms with E-state index in [1.165, 1.54) is 5.56 Å². The second kappa shape index (κ2) is 5.41. The Kier molecular flexibility index (Phi) is 3.45. The lowest BCUT2D eigenvalue weighted by Gasteiger charge is -2.22. The van der Waals surface area contributed by atoms with Gasteiger partial charge >= 0.3 is 0 Å². The highest BCUT2D eigenvalue weighted by Crippen LogP contribution is 2.33. The van der Waals surface area contributed by atoms with Crippen LogP contribution in [0.3, 0.4) is 0 Å². The Morgan fingerprint density at radius 2 is 1.95 bits per heavy atom. The van der Waals surface area contributed by atoms with Crippen molar-refractivity contribution in [2.45, 2.75) is 25.8 Å². The zero-order valence-corrected chi connectivity index (χ0v) is 11.9. The van der Waals surface area contributed by atoms with E-state index in [0.29, 0.717) is 12.0 Å². The molecular weight excluding hydrogens is 260 g/mol. The van der Waals surface area contributed by atoms with Crippen LogP contribution in [0.1, 0.15) is 28.4 Å². The molecule has 0 bridgehead atoms. The molecule has 0 aliphatic carbocycles. The number of amides is 1. The van der Waals surface area contributed by atoms with Gasteiger partial charge in [0.25, 0.3) is 5.91 Å². The van der Waals surface area contributed by atoms with Crippen molar-refractivity contribution in [2.75, 3.05) is 4.90 Å². The van der Waals surface area contributed by atoms with E-state index < -0.39 is 0 Å². The van der Waals surface area contributed by atoms with Crippen molar-refractivity contribution in [3.63, 3.8) is 0 Å². The van der Waals surface area contributed by atoms with Crippen molar-refractivity contribution in [1.82, 2.24) is 0 Å². The van der Waals surface area contributed by atoms with E-state index in [9.17, 15) is 4.79 Å². The number of rotatable bonds is 2. The largest absolute Gasteiger partial charge is 0.305 e. The van der Waals surface area contributed by atoms with Gasteiger partial charge in [0, 0.05) is 17.3 Å².